The van der Waals surface area contributed by atoms with Crippen LogP contribution in [0.2, 0.25) is 5.02 Å². The monoisotopic (exact) mass is 427 g/mol. The zero-order valence-electron chi connectivity index (χ0n) is 15.0. The molecule has 0 fully saturated rings. The molecule has 0 aliphatic heterocycles. The summed E-state index contributed by atoms with van der Waals surface area (Å²) in [5.41, 5.74) is -3.35. The molecule has 0 radical (unpaired) electrons. The van der Waals surface area contributed by atoms with Gasteiger partial charge in [0.15, 0.2) is 5.60 Å². The van der Waals surface area contributed by atoms with Crippen molar-refractivity contribution in [3.8, 4) is 11.3 Å². The Bertz CT molecular complexity index is 1020. The van der Waals surface area contributed by atoms with Crippen LogP contribution in [0.4, 0.5) is 22.0 Å². The maximum Gasteiger partial charge on any atom is 0.422 e. The third-order valence-electron chi connectivity index (χ3n) is 4.83. The molecule has 152 valence electrons. The maximum atomic E-state index is 14.1. The smallest absolute Gasteiger partial charge is 0.376 e. The van der Waals surface area contributed by atoms with Crippen molar-refractivity contribution in [2.75, 3.05) is 0 Å². The third-order valence-corrected chi connectivity index (χ3v) is 5.16. The highest BCUT2D eigenvalue weighted by Gasteiger charge is 2.59. The summed E-state index contributed by atoms with van der Waals surface area (Å²) in [5.74, 6) is -2.76. The normalized spacial score (nSPS) is 15.0. The van der Waals surface area contributed by atoms with Crippen molar-refractivity contribution in [2.45, 2.75) is 24.6 Å². The Balaban J connectivity index is 2.14. The molecule has 1 heterocycles. The van der Waals surface area contributed by atoms with E-state index < -0.39 is 34.9 Å². The SMILES string of the molecule is CC(c1ccc(F)cc1Cl)C(O)(c1ccnc(-c2ccc(F)cc2)c1)C(F)(F)F. The molecule has 8 heteroatoms. The average molecular weight is 428 g/mol. The molecule has 2 atom stereocenters. The summed E-state index contributed by atoms with van der Waals surface area (Å²) in [5, 5.41) is 10.7. The number of rotatable bonds is 4. The maximum absolute atomic E-state index is 14.1. The van der Waals surface area contributed by atoms with Gasteiger partial charge in [-0.25, -0.2) is 8.78 Å². The van der Waals surface area contributed by atoms with Crippen LogP contribution in [0.3, 0.4) is 0 Å². The minimum Gasteiger partial charge on any atom is -0.376 e. The lowest BCUT2D eigenvalue weighted by molar-refractivity contribution is -0.274. The van der Waals surface area contributed by atoms with E-state index in [0.29, 0.717) is 5.56 Å². The van der Waals surface area contributed by atoms with Crippen molar-refractivity contribution in [3.05, 3.63) is 88.6 Å². The highest BCUT2D eigenvalue weighted by atomic mass is 35.5. The van der Waals surface area contributed by atoms with E-state index in [9.17, 15) is 27.1 Å². The minimum atomic E-state index is -5.08. The van der Waals surface area contributed by atoms with Gasteiger partial charge in [-0.05, 0) is 59.7 Å². The Morgan fingerprint density at radius 3 is 2.14 bits per heavy atom. The lowest BCUT2D eigenvalue weighted by Gasteiger charge is -2.37. The van der Waals surface area contributed by atoms with E-state index in [1.54, 1.807) is 0 Å². The van der Waals surface area contributed by atoms with Crippen molar-refractivity contribution < 1.29 is 27.1 Å². The molecule has 0 aliphatic rings. The van der Waals surface area contributed by atoms with Crippen LogP contribution < -0.4 is 0 Å². The summed E-state index contributed by atoms with van der Waals surface area (Å²) in [6.07, 6.45) is -3.95. The second-order valence-corrected chi connectivity index (χ2v) is 7.00. The fraction of sp³-hybridized carbons (Fsp3) is 0.190. The summed E-state index contributed by atoms with van der Waals surface area (Å²) in [4.78, 5) is 4.02. The van der Waals surface area contributed by atoms with E-state index in [0.717, 1.165) is 55.6 Å². The van der Waals surface area contributed by atoms with Gasteiger partial charge in [-0.2, -0.15) is 13.2 Å². The van der Waals surface area contributed by atoms with E-state index in [1.165, 1.54) is 12.1 Å². The van der Waals surface area contributed by atoms with Gasteiger partial charge in [0, 0.05) is 22.7 Å². The lowest BCUT2D eigenvalue weighted by atomic mass is 9.77. The molecule has 0 aliphatic carbocycles. The van der Waals surface area contributed by atoms with Crippen LogP contribution in [-0.4, -0.2) is 16.3 Å². The Labute approximate surface area is 168 Å². The predicted octanol–water partition coefficient (Wildman–Crippen LogP) is 6.23. The number of aliphatic hydroxyl groups is 1. The standard InChI is InChI=1S/C21H15ClF5NO/c1-12(17-7-6-16(24)11-18(17)22)20(29,21(25,26)27)14-8-9-28-19(10-14)13-2-4-15(23)5-3-13/h2-12,29H,1H3. The Hall–Kier alpha value is -2.51. The molecule has 0 saturated carbocycles. The molecule has 3 aromatic rings. The summed E-state index contributed by atoms with van der Waals surface area (Å²) in [6, 6.07) is 10.2. The van der Waals surface area contributed by atoms with E-state index in [-0.39, 0.29) is 16.3 Å². The quantitative estimate of drug-likeness (QED) is 0.500. The van der Waals surface area contributed by atoms with E-state index >= 15 is 0 Å². The number of nitrogens with zero attached hydrogens (tertiary/aromatic N) is 1. The molecule has 0 spiro atoms. The van der Waals surface area contributed by atoms with Crippen molar-refractivity contribution in [1.82, 2.24) is 4.98 Å². The molecular formula is C21H15ClF5NO. The number of benzene rings is 2. The van der Waals surface area contributed by atoms with Crippen LogP contribution in [0, 0.1) is 11.6 Å². The van der Waals surface area contributed by atoms with E-state index in [4.69, 9.17) is 11.6 Å². The summed E-state index contributed by atoms with van der Waals surface area (Å²) < 4.78 is 68.7. The zero-order chi connectivity index (χ0) is 21.4. The highest BCUT2D eigenvalue weighted by Crippen LogP contribution is 2.50. The first kappa shape index (κ1) is 21.2. The topological polar surface area (TPSA) is 33.1 Å². The zero-order valence-corrected chi connectivity index (χ0v) is 15.8. The first-order valence-electron chi connectivity index (χ1n) is 8.50. The Morgan fingerprint density at radius 2 is 1.55 bits per heavy atom. The Kier molecular flexibility index (Phi) is 5.65. The molecule has 1 N–H and O–H groups in total. The second-order valence-electron chi connectivity index (χ2n) is 6.59. The van der Waals surface area contributed by atoms with E-state index in [1.807, 2.05) is 0 Å². The van der Waals surface area contributed by atoms with Crippen molar-refractivity contribution in [3.63, 3.8) is 0 Å². The van der Waals surface area contributed by atoms with Crippen LogP contribution in [0.15, 0.2) is 60.8 Å². The van der Waals surface area contributed by atoms with Gasteiger partial charge in [0.2, 0.25) is 0 Å². The minimum absolute atomic E-state index is 0.0620. The lowest BCUT2D eigenvalue weighted by Crippen LogP contribution is -2.46. The number of hydrogen-bond acceptors (Lipinski definition) is 2. The Morgan fingerprint density at radius 1 is 0.931 bits per heavy atom. The van der Waals surface area contributed by atoms with Gasteiger partial charge >= 0.3 is 6.18 Å². The van der Waals surface area contributed by atoms with E-state index in [2.05, 4.69) is 4.98 Å². The number of alkyl halides is 3. The van der Waals surface area contributed by atoms with Gasteiger partial charge in [0.25, 0.3) is 0 Å². The average Bonchev–Trinajstić information content (AvgIpc) is 2.66. The number of halogens is 6. The van der Waals surface area contributed by atoms with Gasteiger partial charge in [0.1, 0.15) is 11.6 Å². The molecule has 2 unspecified atom stereocenters. The number of pyridine rings is 1. The molecule has 1 aromatic heterocycles. The largest absolute Gasteiger partial charge is 0.422 e. The van der Waals surface area contributed by atoms with Gasteiger partial charge in [-0.1, -0.05) is 24.6 Å². The molecule has 0 bridgehead atoms. The van der Waals surface area contributed by atoms with Crippen LogP contribution in [0.5, 0.6) is 0 Å². The van der Waals surface area contributed by atoms with Crippen LogP contribution in [0.25, 0.3) is 11.3 Å². The second kappa shape index (κ2) is 7.72. The fourth-order valence-corrected chi connectivity index (χ4v) is 3.51. The van der Waals surface area contributed by atoms with Crippen LogP contribution >= 0.6 is 11.6 Å². The van der Waals surface area contributed by atoms with Crippen molar-refractivity contribution >= 4 is 11.6 Å². The molecule has 29 heavy (non-hydrogen) atoms. The summed E-state index contributed by atoms with van der Waals surface area (Å²) in [6.45, 7) is 1.16. The number of aromatic nitrogens is 1. The third kappa shape index (κ3) is 3.97. The fourth-order valence-electron chi connectivity index (χ4n) is 3.18. The predicted molar refractivity (Wildman–Crippen MR) is 99.4 cm³/mol. The van der Waals surface area contributed by atoms with Gasteiger partial charge < -0.3 is 5.11 Å². The molecule has 0 saturated heterocycles. The molecule has 0 amide bonds. The summed E-state index contributed by atoms with van der Waals surface area (Å²) >= 11 is 5.94. The first-order chi connectivity index (χ1) is 13.5. The summed E-state index contributed by atoms with van der Waals surface area (Å²) in [7, 11) is 0. The molecule has 3 rings (SSSR count). The highest BCUT2D eigenvalue weighted by molar-refractivity contribution is 6.31. The molecule has 2 nitrogen and oxygen atoms in total. The van der Waals surface area contributed by atoms with Gasteiger partial charge in [-0.15, -0.1) is 0 Å². The first-order valence-corrected chi connectivity index (χ1v) is 8.88. The van der Waals surface area contributed by atoms with Crippen LogP contribution in [0.1, 0.15) is 24.0 Å². The molecular weight excluding hydrogens is 413 g/mol. The van der Waals surface area contributed by atoms with Crippen molar-refractivity contribution in [1.29, 1.82) is 0 Å². The molecule has 2 aromatic carbocycles. The van der Waals surface area contributed by atoms with Crippen molar-refractivity contribution in [2.24, 2.45) is 0 Å². The van der Waals surface area contributed by atoms with Gasteiger partial charge in [0.05, 0.1) is 5.69 Å². The van der Waals surface area contributed by atoms with Crippen LogP contribution in [-0.2, 0) is 5.60 Å². The van der Waals surface area contributed by atoms with Gasteiger partial charge in [-0.3, -0.25) is 4.98 Å². The number of hydrogen-bond donors (Lipinski definition) is 1.